The molecule has 0 saturated carbocycles. The van der Waals surface area contributed by atoms with Crippen LogP contribution in [0.4, 0.5) is 0 Å². The highest BCUT2D eigenvalue weighted by molar-refractivity contribution is 5.69. The van der Waals surface area contributed by atoms with E-state index in [0.717, 1.165) is 16.8 Å². The number of aliphatic hydroxyl groups excluding tert-OH is 2. The van der Waals surface area contributed by atoms with Crippen molar-refractivity contribution in [3.8, 4) is 11.3 Å². The Morgan fingerprint density at radius 3 is 3.00 bits per heavy atom. The molecule has 1 aromatic heterocycles. The third-order valence-corrected chi connectivity index (χ3v) is 3.07. The summed E-state index contributed by atoms with van der Waals surface area (Å²) in [4.78, 5) is 4.08. The molecule has 1 aromatic carbocycles. The first-order valence-electron chi connectivity index (χ1n) is 5.23. The maximum absolute atomic E-state index is 9.87. The molecule has 2 N–H and O–H groups in total. The van der Waals surface area contributed by atoms with Crippen molar-refractivity contribution < 1.29 is 10.2 Å². The van der Waals surface area contributed by atoms with Crippen LogP contribution < -0.4 is 0 Å². The molecule has 4 heteroatoms. The van der Waals surface area contributed by atoms with Gasteiger partial charge in [-0.3, -0.25) is 0 Å². The van der Waals surface area contributed by atoms with Gasteiger partial charge in [0.05, 0.1) is 30.9 Å². The van der Waals surface area contributed by atoms with Crippen molar-refractivity contribution in [2.75, 3.05) is 6.61 Å². The molecule has 2 atom stereocenters. The predicted molar refractivity (Wildman–Crippen MR) is 58.9 cm³/mol. The summed E-state index contributed by atoms with van der Waals surface area (Å²) < 4.78 is 1.91. The molecule has 0 spiro atoms. The van der Waals surface area contributed by atoms with E-state index in [1.807, 2.05) is 28.8 Å². The van der Waals surface area contributed by atoms with Crippen LogP contribution in [0.2, 0.25) is 0 Å². The van der Waals surface area contributed by atoms with Gasteiger partial charge in [0.2, 0.25) is 0 Å². The van der Waals surface area contributed by atoms with Crippen LogP contribution in [0.3, 0.4) is 0 Å². The zero-order valence-corrected chi connectivity index (χ0v) is 8.61. The number of imidazole rings is 1. The maximum Gasteiger partial charge on any atom is 0.102 e. The van der Waals surface area contributed by atoms with Crippen molar-refractivity contribution >= 4 is 0 Å². The smallest absolute Gasteiger partial charge is 0.102 e. The number of nitrogens with zero attached hydrogens (tertiary/aromatic N) is 2. The molecule has 3 rings (SSSR count). The van der Waals surface area contributed by atoms with Gasteiger partial charge in [-0.1, -0.05) is 24.3 Å². The van der Waals surface area contributed by atoms with E-state index in [4.69, 9.17) is 5.11 Å². The number of rotatable bonds is 2. The van der Waals surface area contributed by atoms with Crippen molar-refractivity contribution in [1.82, 2.24) is 9.55 Å². The summed E-state index contributed by atoms with van der Waals surface area (Å²) in [6.45, 7) is -0.253. The number of benzene rings is 1. The molecule has 1 unspecified atom stereocenters. The third kappa shape index (κ3) is 1.14. The lowest BCUT2D eigenvalue weighted by molar-refractivity contribution is 0.0663. The molecule has 1 aliphatic rings. The van der Waals surface area contributed by atoms with E-state index in [1.165, 1.54) is 0 Å². The maximum atomic E-state index is 9.87. The monoisotopic (exact) mass is 216 g/mol. The predicted octanol–water partition coefficient (Wildman–Crippen LogP) is 0.806. The average Bonchev–Trinajstić information content (AvgIpc) is 2.87. The second kappa shape index (κ2) is 3.43. The Hall–Kier alpha value is -1.65. The molecule has 0 amide bonds. The van der Waals surface area contributed by atoms with Gasteiger partial charge in [0.25, 0.3) is 0 Å². The van der Waals surface area contributed by atoms with Crippen molar-refractivity contribution in [2.24, 2.45) is 0 Å². The molecule has 0 bridgehead atoms. The fraction of sp³-hybridized carbons (Fsp3) is 0.250. The normalized spacial score (nSPS) is 19.2. The highest BCUT2D eigenvalue weighted by atomic mass is 16.3. The Labute approximate surface area is 92.8 Å². The molecule has 16 heavy (non-hydrogen) atoms. The van der Waals surface area contributed by atoms with E-state index in [1.54, 1.807) is 12.5 Å². The number of fused-ring (bicyclic) bond motifs is 3. The summed E-state index contributed by atoms with van der Waals surface area (Å²) in [5.74, 6) is 0. The van der Waals surface area contributed by atoms with Crippen LogP contribution in [0.5, 0.6) is 0 Å². The molecule has 2 heterocycles. The van der Waals surface area contributed by atoms with Gasteiger partial charge in [-0.15, -0.1) is 0 Å². The van der Waals surface area contributed by atoms with Gasteiger partial charge in [0.1, 0.15) is 6.10 Å². The highest BCUT2D eigenvalue weighted by Gasteiger charge is 2.32. The second-order valence-electron chi connectivity index (χ2n) is 3.97. The van der Waals surface area contributed by atoms with Gasteiger partial charge in [-0.2, -0.15) is 0 Å². The van der Waals surface area contributed by atoms with Crippen LogP contribution in [-0.2, 0) is 0 Å². The Kier molecular flexibility index (Phi) is 2.05. The SMILES string of the molecule is OCC(O)[C@H]1c2ccccc2-c2cncn21. The van der Waals surface area contributed by atoms with Gasteiger partial charge in [0, 0.05) is 5.56 Å². The van der Waals surface area contributed by atoms with Crippen molar-refractivity contribution in [2.45, 2.75) is 12.1 Å². The van der Waals surface area contributed by atoms with E-state index < -0.39 is 6.10 Å². The molecule has 0 fully saturated rings. The van der Waals surface area contributed by atoms with Crippen LogP contribution in [0.25, 0.3) is 11.3 Å². The minimum Gasteiger partial charge on any atom is -0.394 e. The first-order chi connectivity index (χ1) is 7.83. The number of aromatic nitrogens is 2. The van der Waals surface area contributed by atoms with Crippen molar-refractivity contribution in [3.63, 3.8) is 0 Å². The molecular weight excluding hydrogens is 204 g/mol. The number of hydrogen-bond acceptors (Lipinski definition) is 3. The lowest BCUT2D eigenvalue weighted by atomic mass is 10.00. The van der Waals surface area contributed by atoms with Gasteiger partial charge in [-0.05, 0) is 5.56 Å². The van der Waals surface area contributed by atoms with Gasteiger partial charge in [-0.25, -0.2) is 4.98 Å². The lowest BCUT2D eigenvalue weighted by Gasteiger charge is -2.19. The number of aliphatic hydroxyl groups is 2. The zero-order valence-electron chi connectivity index (χ0n) is 8.61. The standard InChI is InChI=1S/C12H12N2O2/c15-6-11(16)12-9-4-2-1-3-8(9)10-5-13-7-14(10)12/h1-5,7,11-12,15-16H,6H2/t11?,12-/m1/s1. The molecule has 0 radical (unpaired) electrons. The summed E-state index contributed by atoms with van der Waals surface area (Å²) in [5.41, 5.74) is 3.12. The zero-order chi connectivity index (χ0) is 11.1. The quantitative estimate of drug-likeness (QED) is 0.781. The fourth-order valence-electron chi connectivity index (χ4n) is 2.37. The summed E-state index contributed by atoms with van der Waals surface area (Å²) in [5, 5.41) is 19.0. The minimum absolute atomic E-state index is 0.223. The van der Waals surface area contributed by atoms with Crippen molar-refractivity contribution in [1.29, 1.82) is 0 Å². The summed E-state index contributed by atoms with van der Waals surface area (Å²) in [6, 6.07) is 7.66. The van der Waals surface area contributed by atoms with Crippen LogP contribution in [0.15, 0.2) is 36.8 Å². The Bertz CT molecular complexity index is 521. The van der Waals surface area contributed by atoms with Gasteiger partial charge in [0.15, 0.2) is 0 Å². The molecule has 2 aromatic rings. The van der Waals surface area contributed by atoms with E-state index in [2.05, 4.69) is 4.98 Å². The van der Waals surface area contributed by atoms with Crippen LogP contribution in [0.1, 0.15) is 11.6 Å². The first kappa shape index (κ1) is 9.57. The molecule has 1 aliphatic heterocycles. The number of hydrogen-bond donors (Lipinski definition) is 2. The summed E-state index contributed by atoms with van der Waals surface area (Å²) in [6.07, 6.45) is 2.68. The molecule has 4 nitrogen and oxygen atoms in total. The molecule has 82 valence electrons. The van der Waals surface area contributed by atoms with E-state index >= 15 is 0 Å². The fourth-order valence-corrected chi connectivity index (χ4v) is 2.37. The Morgan fingerprint density at radius 1 is 1.38 bits per heavy atom. The van der Waals surface area contributed by atoms with Crippen molar-refractivity contribution in [3.05, 3.63) is 42.4 Å². The average molecular weight is 216 g/mol. The largest absolute Gasteiger partial charge is 0.394 e. The summed E-state index contributed by atoms with van der Waals surface area (Å²) in [7, 11) is 0. The molecule has 0 saturated heterocycles. The van der Waals surface area contributed by atoms with Gasteiger partial charge < -0.3 is 14.8 Å². The molecular formula is C12H12N2O2. The van der Waals surface area contributed by atoms with E-state index in [9.17, 15) is 5.11 Å². The highest BCUT2D eigenvalue weighted by Crippen LogP contribution is 2.40. The second-order valence-corrected chi connectivity index (χ2v) is 3.97. The first-order valence-corrected chi connectivity index (χ1v) is 5.23. The van der Waals surface area contributed by atoms with Gasteiger partial charge >= 0.3 is 0 Å². The minimum atomic E-state index is -0.795. The lowest BCUT2D eigenvalue weighted by Crippen LogP contribution is -2.25. The Morgan fingerprint density at radius 2 is 2.19 bits per heavy atom. The van der Waals surface area contributed by atoms with Crippen LogP contribution in [0, 0.1) is 0 Å². The van der Waals surface area contributed by atoms with E-state index in [-0.39, 0.29) is 12.6 Å². The van der Waals surface area contributed by atoms with Crippen LogP contribution >= 0.6 is 0 Å². The summed E-state index contributed by atoms with van der Waals surface area (Å²) >= 11 is 0. The van der Waals surface area contributed by atoms with Crippen LogP contribution in [-0.4, -0.2) is 32.5 Å². The van der Waals surface area contributed by atoms with E-state index in [0.29, 0.717) is 0 Å². The Balaban J connectivity index is 2.21. The topological polar surface area (TPSA) is 58.3 Å². The third-order valence-electron chi connectivity index (χ3n) is 3.07. The molecule has 0 aliphatic carbocycles.